The van der Waals surface area contributed by atoms with E-state index in [-0.39, 0.29) is 12.7 Å². The van der Waals surface area contributed by atoms with Crippen molar-refractivity contribution in [1.82, 2.24) is 0 Å². The summed E-state index contributed by atoms with van der Waals surface area (Å²) in [6, 6.07) is 0. The van der Waals surface area contributed by atoms with Gasteiger partial charge in [-0.25, -0.2) is 0 Å². The summed E-state index contributed by atoms with van der Waals surface area (Å²) in [6.07, 6.45) is 0.232. The van der Waals surface area contributed by atoms with Crippen molar-refractivity contribution in [3.05, 3.63) is 0 Å². The fourth-order valence-electron chi connectivity index (χ4n) is 0.424. The Balaban J connectivity index is 2.01. The van der Waals surface area contributed by atoms with Gasteiger partial charge in [0.2, 0.25) is 0 Å². The van der Waals surface area contributed by atoms with Crippen molar-refractivity contribution >= 4 is 5.71 Å². The molecular formula is C6H11NO3. The van der Waals surface area contributed by atoms with E-state index in [2.05, 4.69) is 5.16 Å². The normalized spacial score (nSPS) is 24.6. The van der Waals surface area contributed by atoms with Crippen molar-refractivity contribution in [1.29, 1.82) is 0 Å². The van der Waals surface area contributed by atoms with E-state index in [4.69, 9.17) is 14.7 Å². The highest BCUT2D eigenvalue weighted by atomic mass is 16.7. The van der Waals surface area contributed by atoms with Gasteiger partial charge in [-0.05, 0) is 6.92 Å². The number of hydrogen-bond donors (Lipinski definition) is 1. The molecule has 0 aliphatic carbocycles. The van der Waals surface area contributed by atoms with Crippen LogP contribution in [-0.2, 0) is 9.57 Å². The van der Waals surface area contributed by atoms with E-state index in [1.165, 1.54) is 0 Å². The van der Waals surface area contributed by atoms with Crippen molar-refractivity contribution in [3.63, 3.8) is 0 Å². The van der Waals surface area contributed by atoms with Gasteiger partial charge in [-0.15, -0.1) is 0 Å². The van der Waals surface area contributed by atoms with Gasteiger partial charge in [0, 0.05) is 0 Å². The summed E-state index contributed by atoms with van der Waals surface area (Å²) in [5.41, 5.74) is 0.584. The maximum atomic E-state index is 8.47. The third-order valence-electron chi connectivity index (χ3n) is 1.11. The molecule has 1 atom stereocenters. The van der Waals surface area contributed by atoms with E-state index in [9.17, 15) is 0 Å². The van der Waals surface area contributed by atoms with Gasteiger partial charge in [0.05, 0.1) is 18.9 Å². The highest BCUT2D eigenvalue weighted by Crippen LogP contribution is 2.08. The second-order valence-electron chi connectivity index (χ2n) is 2.24. The molecule has 0 saturated carbocycles. The Labute approximate surface area is 59.4 Å². The number of nitrogens with zero attached hydrogens (tertiary/aromatic N) is 1. The van der Waals surface area contributed by atoms with Gasteiger partial charge in [-0.3, -0.25) is 0 Å². The number of rotatable bonds is 4. The first-order valence-electron chi connectivity index (χ1n) is 3.21. The first-order chi connectivity index (χ1) is 4.83. The highest BCUT2D eigenvalue weighted by Gasteiger charge is 2.22. The van der Waals surface area contributed by atoms with Crippen LogP contribution in [0.25, 0.3) is 0 Å². The van der Waals surface area contributed by atoms with E-state index in [1.54, 1.807) is 6.92 Å². The summed E-state index contributed by atoms with van der Waals surface area (Å²) in [4.78, 5) is 4.81. The molecule has 1 aliphatic heterocycles. The lowest BCUT2D eigenvalue weighted by molar-refractivity contribution is 0.123. The molecule has 1 heterocycles. The lowest BCUT2D eigenvalue weighted by Gasteiger charge is -1.95. The minimum atomic E-state index is -0.0501. The fraction of sp³-hybridized carbons (Fsp3) is 0.833. The van der Waals surface area contributed by atoms with Gasteiger partial charge >= 0.3 is 0 Å². The summed E-state index contributed by atoms with van der Waals surface area (Å²) in [7, 11) is 0. The highest BCUT2D eigenvalue weighted by molar-refractivity contribution is 5.82. The van der Waals surface area contributed by atoms with Crippen molar-refractivity contribution in [2.24, 2.45) is 5.16 Å². The van der Waals surface area contributed by atoms with Crippen LogP contribution in [0.5, 0.6) is 0 Å². The first kappa shape index (κ1) is 7.50. The zero-order chi connectivity index (χ0) is 7.40. The molecule has 4 nitrogen and oxygen atoms in total. The van der Waals surface area contributed by atoms with E-state index < -0.39 is 0 Å². The van der Waals surface area contributed by atoms with Crippen molar-refractivity contribution in [2.45, 2.75) is 13.0 Å². The molecule has 10 heavy (non-hydrogen) atoms. The number of aliphatic hydroxyl groups excluding tert-OH is 1. The molecule has 0 aromatic heterocycles. The molecule has 0 aromatic carbocycles. The van der Waals surface area contributed by atoms with Crippen LogP contribution in [0, 0.1) is 0 Å². The molecule has 0 amide bonds. The molecular weight excluding hydrogens is 134 g/mol. The van der Waals surface area contributed by atoms with Crippen molar-refractivity contribution in [2.75, 3.05) is 19.8 Å². The Bertz CT molecular complexity index is 131. The van der Waals surface area contributed by atoms with Crippen LogP contribution < -0.4 is 0 Å². The Hall–Kier alpha value is -0.610. The smallest absolute Gasteiger partial charge is 0.145 e. The monoisotopic (exact) mass is 145 g/mol. The average molecular weight is 145 g/mol. The maximum absolute atomic E-state index is 8.47. The van der Waals surface area contributed by atoms with Crippen LogP contribution >= 0.6 is 0 Å². The van der Waals surface area contributed by atoms with Crippen LogP contribution in [-0.4, -0.2) is 36.7 Å². The van der Waals surface area contributed by atoms with E-state index >= 15 is 0 Å². The molecule has 0 aromatic rings. The lowest BCUT2D eigenvalue weighted by Crippen LogP contribution is -2.02. The number of epoxide rings is 1. The molecule has 0 radical (unpaired) electrons. The number of hydrogen-bond acceptors (Lipinski definition) is 4. The molecule has 1 unspecified atom stereocenters. The Morgan fingerprint density at radius 1 is 1.90 bits per heavy atom. The minimum absolute atomic E-state index is 0.0501. The van der Waals surface area contributed by atoms with Crippen LogP contribution in [0.1, 0.15) is 6.92 Å². The second kappa shape index (κ2) is 3.53. The SMILES string of the molecule is C/C(CO)=N\OCC1CO1. The number of ether oxygens (including phenoxy) is 1. The molecule has 1 aliphatic rings. The van der Waals surface area contributed by atoms with Gasteiger partial charge < -0.3 is 14.7 Å². The van der Waals surface area contributed by atoms with Crippen LogP contribution in [0.3, 0.4) is 0 Å². The topological polar surface area (TPSA) is 54.4 Å². The predicted octanol–water partition coefficient (Wildman–Crippen LogP) is -0.230. The summed E-state index contributed by atoms with van der Waals surface area (Å²) in [6.45, 7) is 2.92. The molecule has 58 valence electrons. The summed E-state index contributed by atoms with van der Waals surface area (Å²) < 4.78 is 4.87. The zero-order valence-electron chi connectivity index (χ0n) is 5.91. The van der Waals surface area contributed by atoms with Crippen molar-refractivity contribution in [3.8, 4) is 0 Å². The predicted molar refractivity (Wildman–Crippen MR) is 35.9 cm³/mol. The number of oxime groups is 1. The second-order valence-corrected chi connectivity index (χ2v) is 2.24. The molecule has 1 saturated heterocycles. The summed E-state index contributed by atoms with van der Waals surface area (Å²) >= 11 is 0. The van der Waals surface area contributed by atoms with Gasteiger partial charge in [-0.2, -0.15) is 0 Å². The van der Waals surface area contributed by atoms with Gasteiger partial charge in [0.1, 0.15) is 12.7 Å². The molecule has 1 N–H and O–H groups in total. The van der Waals surface area contributed by atoms with E-state index in [0.717, 1.165) is 6.61 Å². The van der Waals surface area contributed by atoms with Gasteiger partial charge in [-0.1, -0.05) is 5.16 Å². The molecule has 1 fully saturated rings. The zero-order valence-corrected chi connectivity index (χ0v) is 5.91. The fourth-order valence-corrected chi connectivity index (χ4v) is 0.424. The van der Waals surface area contributed by atoms with Crippen LogP contribution in [0.4, 0.5) is 0 Å². The Kier molecular flexibility index (Phi) is 2.65. The Morgan fingerprint density at radius 2 is 2.60 bits per heavy atom. The maximum Gasteiger partial charge on any atom is 0.145 e. The third-order valence-corrected chi connectivity index (χ3v) is 1.11. The molecule has 0 spiro atoms. The first-order valence-corrected chi connectivity index (χ1v) is 3.21. The Morgan fingerprint density at radius 3 is 3.10 bits per heavy atom. The largest absolute Gasteiger partial charge is 0.393 e. The molecule has 0 bridgehead atoms. The van der Waals surface area contributed by atoms with Gasteiger partial charge in [0.15, 0.2) is 0 Å². The quantitative estimate of drug-likeness (QED) is 0.338. The minimum Gasteiger partial charge on any atom is -0.393 e. The lowest BCUT2D eigenvalue weighted by atomic mass is 10.5. The average Bonchev–Trinajstić information content (AvgIpc) is 2.71. The van der Waals surface area contributed by atoms with Gasteiger partial charge in [0.25, 0.3) is 0 Å². The summed E-state index contributed by atoms with van der Waals surface area (Å²) in [5.74, 6) is 0. The van der Waals surface area contributed by atoms with Crippen LogP contribution in [0.15, 0.2) is 5.16 Å². The van der Waals surface area contributed by atoms with Crippen LogP contribution in [0.2, 0.25) is 0 Å². The standard InChI is InChI=1S/C6H11NO3/c1-5(2-8)7-10-4-6-3-9-6/h6,8H,2-4H2,1H3/b7-5+. The number of aliphatic hydroxyl groups is 1. The third kappa shape index (κ3) is 2.80. The summed E-state index contributed by atoms with van der Waals surface area (Å²) in [5, 5.41) is 12.1. The van der Waals surface area contributed by atoms with Crippen molar-refractivity contribution < 1.29 is 14.7 Å². The molecule has 1 rings (SSSR count). The molecule has 4 heteroatoms. The van der Waals surface area contributed by atoms with E-state index in [0.29, 0.717) is 12.3 Å². The van der Waals surface area contributed by atoms with E-state index in [1.807, 2.05) is 0 Å².